The average Bonchev–Trinajstić information content (AvgIpc) is 3.02. The Morgan fingerprint density at radius 3 is 0.744 bits per heavy atom. The number of esters is 6. The normalized spacial score (nSPS) is 11.7. The molecule has 0 saturated carbocycles. The molecule has 0 fully saturated rings. The fraction of sp³-hybridized carbons (Fsp3) is 0.714. The van der Waals surface area contributed by atoms with Crippen molar-refractivity contribution in [3.8, 4) is 0 Å². The zero-order valence-corrected chi connectivity index (χ0v) is 27.1. The second-order valence-corrected chi connectivity index (χ2v) is 6.46. The van der Waals surface area contributed by atoms with E-state index >= 15 is 0 Å². The van der Waals surface area contributed by atoms with E-state index in [4.69, 9.17) is 30.6 Å². The summed E-state index contributed by atoms with van der Waals surface area (Å²) in [6, 6.07) is 0. The molecule has 0 spiro atoms. The molecule has 0 bridgehead atoms. The predicted molar refractivity (Wildman–Crippen MR) is 126 cm³/mol. The molecule has 0 rings (SSSR count). The number of carbonyl (C=O) groups excluding carboxylic acids is 6. The molecule has 43 heavy (non-hydrogen) atoms. The van der Waals surface area contributed by atoms with Gasteiger partial charge in [0.25, 0.3) is 0 Å². The number of carbonyl (C=O) groups is 6. The van der Waals surface area contributed by atoms with Gasteiger partial charge in [-0.25, -0.2) is 28.8 Å². The van der Waals surface area contributed by atoms with Crippen LogP contribution in [0.4, 0.5) is 0 Å². The molecule has 0 amide bonds. The van der Waals surface area contributed by atoms with Gasteiger partial charge in [-0.1, -0.05) is 0 Å². The van der Waals surface area contributed by atoms with Crippen molar-refractivity contribution in [1.29, 1.82) is 0 Å². The van der Waals surface area contributed by atoms with Crippen molar-refractivity contribution in [3.05, 3.63) is 0 Å². The number of hydrogen-bond donors (Lipinski definition) is 6. The van der Waals surface area contributed by atoms with Crippen molar-refractivity contribution >= 4 is 35.8 Å². The van der Waals surface area contributed by atoms with Crippen LogP contribution in [0.3, 0.4) is 0 Å². The van der Waals surface area contributed by atoms with Gasteiger partial charge in [-0.15, -0.1) is 0 Å². The summed E-state index contributed by atoms with van der Waals surface area (Å²) in [6.07, 6.45) is -3.24. The minimum Gasteiger partial charge on any atom is -0.457 e. The first-order chi connectivity index (χ1) is 19.9. The van der Waals surface area contributed by atoms with Crippen LogP contribution >= 0.6 is 0 Å². The number of aliphatic hydroxyl groups is 6. The third-order valence-corrected chi connectivity index (χ3v) is 3.49. The topological polar surface area (TPSA) is 307 Å². The summed E-state index contributed by atoms with van der Waals surface area (Å²) < 4.78 is 40.5. The van der Waals surface area contributed by atoms with Crippen LogP contribution in [0.15, 0.2) is 0 Å². The van der Waals surface area contributed by atoms with Gasteiger partial charge < -0.3 is 73.3 Å². The Kier molecular flexibility index (Phi) is 36.0. The second-order valence-electron chi connectivity index (χ2n) is 6.46. The first-order valence-electron chi connectivity index (χ1n) is 11.2. The molecule has 22 heteroatoms. The Hall–Kier alpha value is -2.35. The van der Waals surface area contributed by atoms with Crippen LogP contribution in [-0.2, 0) is 71.4 Å². The van der Waals surface area contributed by atoms with Crippen molar-refractivity contribution in [2.45, 2.75) is 18.9 Å². The van der Waals surface area contributed by atoms with Crippen LogP contribution < -0.4 is 0 Å². The van der Waals surface area contributed by atoms with Gasteiger partial charge in [-0.3, -0.25) is 0 Å². The van der Waals surface area contributed by atoms with Crippen molar-refractivity contribution < 1.29 is 138 Å². The molecule has 21 nitrogen and oxygen atoms in total. The summed E-state index contributed by atoms with van der Waals surface area (Å²) in [5, 5.41) is 49.8. The summed E-state index contributed by atoms with van der Waals surface area (Å²) in [7, 11) is 3.71. The molecule has 0 aliphatic heterocycles. The fourth-order valence-corrected chi connectivity index (χ4v) is 1.62. The van der Waals surface area contributed by atoms with E-state index in [1.165, 1.54) is 21.3 Å². The molecule has 0 aliphatic rings. The van der Waals surface area contributed by atoms with E-state index in [-0.39, 0.29) is 55.4 Å². The largest absolute Gasteiger partial charge is 0.457 e. The maximum atomic E-state index is 10.6. The number of ether oxygens (including phenoxy) is 9. The van der Waals surface area contributed by atoms with Crippen molar-refractivity contribution in [2.24, 2.45) is 0 Å². The minimum absolute atomic E-state index is 0. The Labute approximate surface area is 272 Å². The quantitative estimate of drug-likeness (QED) is 0.0430. The molecule has 6 N–H and O–H groups in total. The Bertz CT molecular complexity index is 678. The molecule has 3 unspecified atom stereocenters. The third kappa shape index (κ3) is 30.9. The molecule has 3 atom stereocenters. The third-order valence-electron chi connectivity index (χ3n) is 3.49. The molecular weight excluding hydrogens is 727 g/mol. The zero-order valence-electron chi connectivity index (χ0n) is 23.5. The standard InChI is InChI=1S/3C7H12O7.La/c3*1-12-7(14-6(11)3-9)4-13-5(10)2-8;/h3*7-9H,2-4H2,1H3;. The van der Waals surface area contributed by atoms with Crippen LogP contribution in [0.25, 0.3) is 0 Å². The van der Waals surface area contributed by atoms with Gasteiger partial charge in [0.2, 0.25) is 18.9 Å². The van der Waals surface area contributed by atoms with Gasteiger partial charge in [0.1, 0.15) is 39.6 Å². The van der Waals surface area contributed by atoms with E-state index in [9.17, 15) is 28.8 Å². The van der Waals surface area contributed by atoms with Crippen LogP contribution in [0.1, 0.15) is 0 Å². The molecule has 0 aromatic carbocycles. The average molecular weight is 763 g/mol. The summed E-state index contributed by atoms with van der Waals surface area (Å²) >= 11 is 0. The van der Waals surface area contributed by atoms with Gasteiger partial charge >= 0.3 is 35.8 Å². The second kappa shape index (κ2) is 32.6. The summed E-state index contributed by atoms with van der Waals surface area (Å²) in [5.41, 5.74) is 0. The van der Waals surface area contributed by atoms with Gasteiger partial charge in [0, 0.05) is 56.9 Å². The summed E-state index contributed by atoms with van der Waals surface area (Å²) in [6.45, 7) is -5.63. The Balaban J connectivity index is -0.000000262. The maximum Gasteiger partial charge on any atom is 0.334 e. The number of aliphatic hydroxyl groups excluding tert-OH is 6. The predicted octanol–water partition coefficient (Wildman–Crippen LogP) is -5.91. The Morgan fingerprint density at radius 2 is 0.605 bits per heavy atom. The molecular formula is C21H36LaO21. The first kappa shape index (κ1) is 47.6. The zero-order chi connectivity index (χ0) is 32.9. The Morgan fingerprint density at radius 1 is 0.419 bits per heavy atom. The van der Waals surface area contributed by atoms with E-state index in [0.717, 1.165) is 0 Å². The minimum atomic E-state index is -1.08. The molecule has 0 aromatic heterocycles. The monoisotopic (exact) mass is 763 g/mol. The van der Waals surface area contributed by atoms with Crippen LogP contribution in [0.5, 0.6) is 0 Å². The fourth-order valence-electron chi connectivity index (χ4n) is 1.62. The molecule has 0 aromatic rings. The van der Waals surface area contributed by atoms with Crippen molar-refractivity contribution in [3.63, 3.8) is 0 Å². The molecule has 0 aliphatic carbocycles. The van der Waals surface area contributed by atoms with E-state index < -0.39 is 94.3 Å². The number of hydrogen-bond acceptors (Lipinski definition) is 21. The molecule has 0 saturated heterocycles. The smallest absolute Gasteiger partial charge is 0.334 e. The number of methoxy groups -OCH3 is 3. The van der Waals surface area contributed by atoms with Gasteiger partial charge in [-0.05, 0) is 0 Å². The maximum absolute atomic E-state index is 10.6. The molecule has 1 radical (unpaired) electrons. The summed E-state index contributed by atoms with van der Waals surface area (Å²) in [4.78, 5) is 63.1. The van der Waals surface area contributed by atoms with Crippen LogP contribution in [0, 0.1) is 35.6 Å². The number of rotatable bonds is 18. The molecule has 0 heterocycles. The van der Waals surface area contributed by atoms with Gasteiger partial charge in [0.05, 0.1) is 0 Å². The first-order valence-corrected chi connectivity index (χ1v) is 11.2. The molecule has 249 valence electrons. The van der Waals surface area contributed by atoms with Crippen LogP contribution in [0.2, 0.25) is 0 Å². The van der Waals surface area contributed by atoms with Crippen molar-refractivity contribution in [2.75, 3.05) is 80.8 Å². The van der Waals surface area contributed by atoms with E-state index in [2.05, 4.69) is 42.6 Å². The van der Waals surface area contributed by atoms with E-state index in [0.29, 0.717) is 0 Å². The SMILES string of the molecule is COC(COC(=O)CO)OC(=O)CO.COC(COC(=O)CO)OC(=O)CO.COC(COC(=O)CO)OC(=O)CO.[La]. The van der Waals surface area contributed by atoms with Crippen LogP contribution in [-0.4, -0.2) is 166 Å². The van der Waals surface area contributed by atoms with E-state index in [1.807, 2.05) is 0 Å². The van der Waals surface area contributed by atoms with Gasteiger partial charge in [0.15, 0.2) is 19.8 Å². The van der Waals surface area contributed by atoms with E-state index in [1.54, 1.807) is 0 Å². The summed E-state index contributed by atoms with van der Waals surface area (Å²) in [5.74, 6) is -5.24. The van der Waals surface area contributed by atoms with Crippen molar-refractivity contribution in [1.82, 2.24) is 0 Å². The van der Waals surface area contributed by atoms with Gasteiger partial charge in [-0.2, -0.15) is 0 Å².